The van der Waals surface area contributed by atoms with Gasteiger partial charge in [-0.3, -0.25) is 9.59 Å². The molecule has 6 heteroatoms. The summed E-state index contributed by atoms with van der Waals surface area (Å²) in [6.07, 6.45) is 3.42. The van der Waals surface area contributed by atoms with Crippen molar-refractivity contribution in [2.75, 3.05) is 33.2 Å². The third-order valence-corrected chi connectivity index (χ3v) is 2.87. The number of carbonyl (C=O) groups is 2. The van der Waals surface area contributed by atoms with Gasteiger partial charge in [0.15, 0.2) is 0 Å². The highest BCUT2D eigenvalue weighted by molar-refractivity contribution is 5.85. The van der Waals surface area contributed by atoms with Gasteiger partial charge in [0.25, 0.3) is 0 Å². The van der Waals surface area contributed by atoms with E-state index in [1.807, 2.05) is 6.92 Å². The molecule has 1 fully saturated rings. The Kier molecular flexibility index (Phi) is 8.75. The molecule has 1 saturated carbocycles. The average Bonchev–Trinajstić information content (AvgIpc) is 3.12. The van der Waals surface area contributed by atoms with E-state index in [1.165, 1.54) is 12.8 Å². The molecule has 2 amide bonds. The van der Waals surface area contributed by atoms with Gasteiger partial charge in [-0.2, -0.15) is 0 Å². The van der Waals surface area contributed by atoms with Gasteiger partial charge in [0.1, 0.15) is 0 Å². The van der Waals surface area contributed by atoms with Gasteiger partial charge >= 0.3 is 0 Å². The largest absolute Gasteiger partial charge is 0.358 e. The van der Waals surface area contributed by atoms with Crippen LogP contribution < -0.4 is 10.6 Å². The van der Waals surface area contributed by atoms with E-state index < -0.39 is 0 Å². The third-order valence-electron chi connectivity index (χ3n) is 2.87. The quantitative estimate of drug-likeness (QED) is 0.675. The molecule has 0 radical (unpaired) electrons. The predicted molar refractivity (Wildman–Crippen MR) is 73.8 cm³/mol. The first-order chi connectivity index (χ1) is 8.17. The highest BCUT2D eigenvalue weighted by Gasteiger charge is 2.21. The van der Waals surface area contributed by atoms with E-state index in [-0.39, 0.29) is 30.8 Å². The van der Waals surface area contributed by atoms with E-state index in [9.17, 15) is 9.59 Å². The van der Waals surface area contributed by atoms with Gasteiger partial charge in [-0.15, -0.1) is 12.4 Å². The number of hydrogen-bond acceptors (Lipinski definition) is 3. The maximum atomic E-state index is 11.9. The SMILES string of the molecule is CCCN(CC(=O)NC)C(=O)CNCC1CC1.Cl. The van der Waals surface area contributed by atoms with Crippen LogP contribution in [-0.4, -0.2) is 49.9 Å². The second-order valence-electron chi connectivity index (χ2n) is 4.56. The summed E-state index contributed by atoms with van der Waals surface area (Å²) in [5.41, 5.74) is 0. The van der Waals surface area contributed by atoms with Crippen molar-refractivity contribution in [2.45, 2.75) is 26.2 Å². The lowest BCUT2D eigenvalue weighted by Crippen LogP contribution is -2.44. The van der Waals surface area contributed by atoms with Crippen molar-refractivity contribution < 1.29 is 9.59 Å². The van der Waals surface area contributed by atoms with E-state index >= 15 is 0 Å². The van der Waals surface area contributed by atoms with Crippen LogP contribution >= 0.6 is 12.4 Å². The lowest BCUT2D eigenvalue weighted by molar-refractivity contribution is -0.135. The summed E-state index contributed by atoms with van der Waals surface area (Å²) in [5.74, 6) is 0.659. The first kappa shape index (κ1) is 17.2. The molecule has 0 aromatic carbocycles. The van der Waals surface area contributed by atoms with Gasteiger partial charge < -0.3 is 15.5 Å². The Morgan fingerprint density at radius 1 is 1.33 bits per heavy atom. The van der Waals surface area contributed by atoms with E-state index in [0.717, 1.165) is 18.9 Å². The number of carbonyl (C=O) groups excluding carboxylic acids is 2. The van der Waals surface area contributed by atoms with Gasteiger partial charge in [-0.25, -0.2) is 0 Å². The summed E-state index contributed by atoms with van der Waals surface area (Å²) >= 11 is 0. The first-order valence-corrected chi connectivity index (χ1v) is 6.36. The third kappa shape index (κ3) is 6.81. The van der Waals surface area contributed by atoms with Crippen LogP contribution in [0, 0.1) is 5.92 Å². The van der Waals surface area contributed by atoms with Crippen LogP contribution in [0.3, 0.4) is 0 Å². The van der Waals surface area contributed by atoms with Crippen molar-refractivity contribution in [1.82, 2.24) is 15.5 Å². The molecule has 0 aliphatic heterocycles. The molecule has 0 spiro atoms. The van der Waals surface area contributed by atoms with E-state index in [2.05, 4.69) is 10.6 Å². The van der Waals surface area contributed by atoms with Gasteiger partial charge in [0.05, 0.1) is 13.1 Å². The molecular weight excluding hydrogens is 254 g/mol. The minimum Gasteiger partial charge on any atom is -0.358 e. The molecule has 106 valence electrons. The smallest absolute Gasteiger partial charge is 0.239 e. The van der Waals surface area contributed by atoms with Gasteiger partial charge in [-0.05, 0) is 31.7 Å². The second kappa shape index (κ2) is 9.16. The number of rotatable bonds is 8. The van der Waals surface area contributed by atoms with Crippen molar-refractivity contribution in [2.24, 2.45) is 5.92 Å². The Balaban J connectivity index is 0.00000289. The number of amides is 2. The zero-order valence-corrected chi connectivity index (χ0v) is 12.0. The molecule has 0 atom stereocenters. The number of hydrogen-bond donors (Lipinski definition) is 2. The monoisotopic (exact) mass is 277 g/mol. The zero-order chi connectivity index (χ0) is 12.7. The summed E-state index contributed by atoms with van der Waals surface area (Å²) in [5, 5.41) is 5.69. The second-order valence-corrected chi connectivity index (χ2v) is 4.56. The number of nitrogens with zero attached hydrogens (tertiary/aromatic N) is 1. The molecule has 1 aliphatic rings. The van der Waals surface area contributed by atoms with E-state index in [1.54, 1.807) is 11.9 Å². The fraction of sp³-hybridized carbons (Fsp3) is 0.833. The predicted octanol–water partition coefficient (Wildman–Crippen LogP) is 0.392. The number of likely N-dealkylation sites (N-methyl/N-ethyl adjacent to an activating group) is 1. The maximum absolute atomic E-state index is 11.9. The molecule has 5 nitrogen and oxygen atoms in total. The van der Waals surface area contributed by atoms with Gasteiger partial charge in [-0.1, -0.05) is 6.92 Å². The topological polar surface area (TPSA) is 61.4 Å². The normalized spacial score (nSPS) is 13.7. The minimum atomic E-state index is -0.117. The highest BCUT2D eigenvalue weighted by Crippen LogP contribution is 2.27. The zero-order valence-electron chi connectivity index (χ0n) is 11.2. The van der Waals surface area contributed by atoms with Crippen LogP contribution in [-0.2, 0) is 9.59 Å². The highest BCUT2D eigenvalue weighted by atomic mass is 35.5. The molecule has 0 bridgehead atoms. The molecule has 0 heterocycles. The first-order valence-electron chi connectivity index (χ1n) is 6.36. The molecule has 0 unspecified atom stereocenters. The van der Waals surface area contributed by atoms with Crippen LogP contribution in [0.2, 0.25) is 0 Å². The summed E-state index contributed by atoms with van der Waals surface area (Å²) in [4.78, 5) is 24.7. The average molecular weight is 278 g/mol. The fourth-order valence-electron chi connectivity index (χ4n) is 1.63. The van der Waals surface area contributed by atoms with Gasteiger partial charge in [0, 0.05) is 13.6 Å². The number of nitrogens with one attached hydrogen (secondary N) is 2. The summed E-state index contributed by atoms with van der Waals surface area (Å²) < 4.78 is 0. The van der Waals surface area contributed by atoms with Crippen LogP contribution in [0.25, 0.3) is 0 Å². The Bertz CT molecular complexity index is 270. The van der Waals surface area contributed by atoms with E-state index in [0.29, 0.717) is 13.1 Å². The molecule has 2 N–H and O–H groups in total. The van der Waals surface area contributed by atoms with Crippen LogP contribution in [0.4, 0.5) is 0 Å². The van der Waals surface area contributed by atoms with Crippen molar-refractivity contribution in [3.05, 3.63) is 0 Å². The Labute approximate surface area is 115 Å². The maximum Gasteiger partial charge on any atom is 0.239 e. The minimum absolute atomic E-state index is 0. The van der Waals surface area contributed by atoms with Crippen molar-refractivity contribution in [3.63, 3.8) is 0 Å². The molecule has 0 saturated heterocycles. The Morgan fingerprint density at radius 2 is 2.00 bits per heavy atom. The molecule has 18 heavy (non-hydrogen) atoms. The lowest BCUT2D eigenvalue weighted by atomic mass is 10.3. The molecule has 1 aliphatic carbocycles. The standard InChI is InChI=1S/C12H23N3O2.ClH/c1-3-6-15(9-11(16)13-2)12(17)8-14-7-10-4-5-10;/h10,14H,3-9H2,1-2H3,(H,13,16);1H. The molecule has 1 rings (SSSR count). The molecule has 0 aromatic rings. The fourth-order valence-corrected chi connectivity index (χ4v) is 1.63. The van der Waals surface area contributed by atoms with Crippen molar-refractivity contribution >= 4 is 24.2 Å². The van der Waals surface area contributed by atoms with Crippen molar-refractivity contribution in [3.8, 4) is 0 Å². The summed E-state index contributed by atoms with van der Waals surface area (Å²) in [6.45, 7) is 4.06. The van der Waals surface area contributed by atoms with Crippen molar-refractivity contribution in [1.29, 1.82) is 0 Å². The lowest BCUT2D eigenvalue weighted by Gasteiger charge is -2.21. The summed E-state index contributed by atoms with van der Waals surface area (Å²) in [7, 11) is 1.59. The Morgan fingerprint density at radius 3 is 2.50 bits per heavy atom. The molecule has 0 aromatic heterocycles. The summed E-state index contributed by atoms with van der Waals surface area (Å²) in [6, 6.07) is 0. The van der Waals surface area contributed by atoms with E-state index in [4.69, 9.17) is 0 Å². The van der Waals surface area contributed by atoms with Crippen LogP contribution in [0.1, 0.15) is 26.2 Å². The number of halogens is 1. The van der Waals surface area contributed by atoms with Crippen LogP contribution in [0.5, 0.6) is 0 Å². The van der Waals surface area contributed by atoms with Gasteiger partial charge in [0.2, 0.25) is 11.8 Å². The Hall–Kier alpha value is -0.810. The molecular formula is C12H24ClN3O2. The van der Waals surface area contributed by atoms with Crippen LogP contribution in [0.15, 0.2) is 0 Å².